The molecule has 1 nitrogen and oxygen atoms in total. The minimum atomic E-state index is 0.0453. The summed E-state index contributed by atoms with van der Waals surface area (Å²) in [5, 5.41) is 9.20. The minimum absolute atomic E-state index is 0.0453. The van der Waals surface area contributed by atoms with Gasteiger partial charge in [0.25, 0.3) is 0 Å². The second kappa shape index (κ2) is 4.13. The summed E-state index contributed by atoms with van der Waals surface area (Å²) in [4.78, 5) is 0. The normalized spacial score (nSPS) is 33.6. The molecule has 74 valence electrons. The molecule has 0 radical (unpaired) electrons. The van der Waals surface area contributed by atoms with Crippen molar-refractivity contribution in [2.24, 2.45) is 17.3 Å². The molecule has 1 fully saturated rings. The highest BCUT2D eigenvalue weighted by molar-refractivity contribution is 5.03. The van der Waals surface area contributed by atoms with Crippen molar-refractivity contribution in [1.82, 2.24) is 0 Å². The van der Waals surface area contributed by atoms with Crippen molar-refractivity contribution in [3.05, 3.63) is 0 Å². The third-order valence-electron chi connectivity index (χ3n) is 3.29. The molecule has 2 unspecified atom stereocenters. The molecule has 0 N–H and O–H groups in total. The maximum Gasteiger partial charge on any atom is 0.0689 e. The summed E-state index contributed by atoms with van der Waals surface area (Å²) in [6.45, 7) is 6.75. The van der Waals surface area contributed by atoms with Crippen molar-refractivity contribution in [3.63, 3.8) is 0 Å². The SMILES string of the molecule is CC(C)CCC1(C#N)CCC(C)C1. The van der Waals surface area contributed by atoms with Crippen molar-refractivity contribution in [3.8, 4) is 6.07 Å². The first kappa shape index (κ1) is 10.6. The van der Waals surface area contributed by atoms with E-state index in [1.165, 1.54) is 12.8 Å². The Morgan fingerprint density at radius 1 is 1.54 bits per heavy atom. The second-order valence-corrected chi connectivity index (χ2v) is 5.17. The van der Waals surface area contributed by atoms with E-state index in [0.717, 1.165) is 31.1 Å². The Hall–Kier alpha value is -0.510. The van der Waals surface area contributed by atoms with Crippen molar-refractivity contribution in [2.75, 3.05) is 0 Å². The maximum absolute atomic E-state index is 9.20. The van der Waals surface area contributed by atoms with Gasteiger partial charge in [0.15, 0.2) is 0 Å². The van der Waals surface area contributed by atoms with Gasteiger partial charge in [0.1, 0.15) is 0 Å². The third-order valence-corrected chi connectivity index (χ3v) is 3.29. The van der Waals surface area contributed by atoms with Gasteiger partial charge < -0.3 is 0 Å². The average Bonchev–Trinajstić information content (AvgIpc) is 2.45. The lowest BCUT2D eigenvalue weighted by molar-refractivity contribution is 0.328. The van der Waals surface area contributed by atoms with Crippen LogP contribution in [-0.4, -0.2) is 0 Å². The van der Waals surface area contributed by atoms with E-state index in [1.807, 2.05) is 0 Å². The topological polar surface area (TPSA) is 23.8 Å². The minimum Gasteiger partial charge on any atom is -0.198 e. The van der Waals surface area contributed by atoms with E-state index >= 15 is 0 Å². The van der Waals surface area contributed by atoms with E-state index in [0.29, 0.717) is 0 Å². The lowest BCUT2D eigenvalue weighted by Crippen LogP contribution is -2.15. The lowest BCUT2D eigenvalue weighted by Gasteiger charge is -2.21. The van der Waals surface area contributed by atoms with Gasteiger partial charge in [-0.3, -0.25) is 0 Å². The first-order valence-electron chi connectivity index (χ1n) is 5.49. The van der Waals surface area contributed by atoms with Crippen molar-refractivity contribution in [1.29, 1.82) is 5.26 Å². The van der Waals surface area contributed by atoms with Crippen LogP contribution in [0.2, 0.25) is 0 Å². The number of hydrogen-bond donors (Lipinski definition) is 0. The standard InChI is InChI=1S/C12H21N/c1-10(2)4-6-12(9-13)7-5-11(3)8-12/h10-11H,4-8H2,1-3H3. The van der Waals surface area contributed by atoms with Gasteiger partial charge in [-0.05, 0) is 43.9 Å². The fourth-order valence-corrected chi connectivity index (χ4v) is 2.34. The summed E-state index contributed by atoms with van der Waals surface area (Å²) in [5.74, 6) is 1.51. The molecule has 0 aromatic heterocycles. The molecule has 0 heterocycles. The quantitative estimate of drug-likeness (QED) is 0.647. The molecule has 1 aliphatic rings. The van der Waals surface area contributed by atoms with Gasteiger partial charge in [0.05, 0.1) is 11.5 Å². The molecule has 1 aliphatic carbocycles. The largest absolute Gasteiger partial charge is 0.198 e. The highest BCUT2D eigenvalue weighted by Crippen LogP contribution is 2.44. The summed E-state index contributed by atoms with van der Waals surface area (Å²) >= 11 is 0. The monoisotopic (exact) mass is 179 g/mol. The fourth-order valence-electron chi connectivity index (χ4n) is 2.34. The van der Waals surface area contributed by atoms with E-state index in [-0.39, 0.29) is 5.41 Å². The maximum atomic E-state index is 9.20. The van der Waals surface area contributed by atoms with E-state index in [9.17, 15) is 5.26 Å². The van der Waals surface area contributed by atoms with Crippen LogP contribution in [0.5, 0.6) is 0 Å². The molecule has 0 aromatic rings. The van der Waals surface area contributed by atoms with Crippen molar-refractivity contribution < 1.29 is 0 Å². The first-order valence-corrected chi connectivity index (χ1v) is 5.49. The molecule has 1 saturated carbocycles. The predicted octanol–water partition coefficient (Wildman–Crippen LogP) is 3.75. The number of hydrogen-bond acceptors (Lipinski definition) is 1. The third kappa shape index (κ3) is 2.72. The molecule has 0 bridgehead atoms. The Labute approximate surface area is 82.1 Å². The van der Waals surface area contributed by atoms with Gasteiger partial charge >= 0.3 is 0 Å². The zero-order chi connectivity index (χ0) is 9.90. The summed E-state index contributed by atoms with van der Waals surface area (Å²) in [5.41, 5.74) is 0.0453. The summed E-state index contributed by atoms with van der Waals surface area (Å²) in [7, 11) is 0. The molecule has 0 aromatic carbocycles. The molecule has 2 atom stereocenters. The second-order valence-electron chi connectivity index (χ2n) is 5.17. The molecule has 0 spiro atoms. The van der Waals surface area contributed by atoms with Gasteiger partial charge in [0, 0.05) is 0 Å². The molecule has 0 aliphatic heterocycles. The van der Waals surface area contributed by atoms with Gasteiger partial charge in [-0.25, -0.2) is 0 Å². The molecule has 1 heteroatoms. The van der Waals surface area contributed by atoms with Crippen LogP contribution >= 0.6 is 0 Å². The summed E-state index contributed by atoms with van der Waals surface area (Å²) in [6, 6.07) is 2.56. The van der Waals surface area contributed by atoms with Crippen LogP contribution in [0.1, 0.15) is 52.9 Å². The molecular formula is C12H21N. The van der Waals surface area contributed by atoms with Crippen LogP contribution in [0.4, 0.5) is 0 Å². The molecule has 13 heavy (non-hydrogen) atoms. The lowest BCUT2D eigenvalue weighted by atomic mass is 9.81. The highest BCUT2D eigenvalue weighted by atomic mass is 14.4. The van der Waals surface area contributed by atoms with E-state index in [4.69, 9.17) is 0 Å². The predicted molar refractivity (Wildman–Crippen MR) is 55.1 cm³/mol. The van der Waals surface area contributed by atoms with Crippen LogP contribution in [0.15, 0.2) is 0 Å². The van der Waals surface area contributed by atoms with Crippen LogP contribution < -0.4 is 0 Å². The molecular weight excluding hydrogens is 158 g/mol. The van der Waals surface area contributed by atoms with Crippen molar-refractivity contribution >= 4 is 0 Å². The highest BCUT2D eigenvalue weighted by Gasteiger charge is 2.37. The van der Waals surface area contributed by atoms with Crippen molar-refractivity contribution in [2.45, 2.75) is 52.9 Å². The Kier molecular flexibility index (Phi) is 3.36. The zero-order valence-corrected chi connectivity index (χ0v) is 9.14. The zero-order valence-electron chi connectivity index (χ0n) is 9.14. The van der Waals surface area contributed by atoms with E-state index < -0.39 is 0 Å². The van der Waals surface area contributed by atoms with Crippen LogP contribution in [0.25, 0.3) is 0 Å². The average molecular weight is 179 g/mol. The Morgan fingerprint density at radius 3 is 2.62 bits per heavy atom. The van der Waals surface area contributed by atoms with Crippen LogP contribution in [0.3, 0.4) is 0 Å². The first-order chi connectivity index (χ1) is 6.08. The Morgan fingerprint density at radius 2 is 2.23 bits per heavy atom. The molecule has 1 rings (SSSR count). The smallest absolute Gasteiger partial charge is 0.0689 e. The number of rotatable bonds is 3. The van der Waals surface area contributed by atoms with E-state index in [2.05, 4.69) is 26.8 Å². The summed E-state index contributed by atoms with van der Waals surface area (Å²) < 4.78 is 0. The molecule has 0 amide bonds. The van der Waals surface area contributed by atoms with Gasteiger partial charge in [-0.1, -0.05) is 20.8 Å². The Bertz CT molecular complexity index is 202. The molecule has 0 saturated heterocycles. The van der Waals surface area contributed by atoms with E-state index in [1.54, 1.807) is 0 Å². The van der Waals surface area contributed by atoms with Gasteiger partial charge in [-0.15, -0.1) is 0 Å². The van der Waals surface area contributed by atoms with Gasteiger partial charge in [0.2, 0.25) is 0 Å². The van der Waals surface area contributed by atoms with Crippen LogP contribution in [0, 0.1) is 28.6 Å². The Balaban J connectivity index is 2.47. The number of nitriles is 1. The number of nitrogens with zero attached hydrogens (tertiary/aromatic N) is 1. The van der Waals surface area contributed by atoms with Crippen LogP contribution in [-0.2, 0) is 0 Å². The van der Waals surface area contributed by atoms with Gasteiger partial charge in [-0.2, -0.15) is 5.26 Å². The fraction of sp³-hybridized carbons (Fsp3) is 0.917. The summed E-state index contributed by atoms with van der Waals surface area (Å²) in [6.07, 6.45) is 5.85.